The predicted octanol–water partition coefficient (Wildman–Crippen LogP) is 3.10. The van der Waals surface area contributed by atoms with Crippen molar-refractivity contribution in [2.75, 3.05) is 12.8 Å². The Balaban J connectivity index is 2.40. The van der Waals surface area contributed by atoms with Gasteiger partial charge in [-0.05, 0) is 24.3 Å². The SMILES string of the molecule is COc1cccnc1Sc1c(F)cc(N)cc1F. The summed E-state index contributed by atoms with van der Waals surface area (Å²) in [5.74, 6) is -0.978. The molecule has 0 unspecified atom stereocenters. The van der Waals surface area contributed by atoms with Crippen LogP contribution in [0.3, 0.4) is 0 Å². The predicted molar refractivity (Wildman–Crippen MR) is 65.7 cm³/mol. The van der Waals surface area contributed by atoms with Gasteiger partial charge in [0, 0.05) is 11.9 Å². The van der Waals surface area contributed by atoms with Crippen LogP contribution >= 0.6 is 11.8 Å². The van der Waals surface area contributed by atoms with Gasteiger partial charge in [-0.1, -0.05) is 11.8 Å². The maximum absolute atomic E-state index is 13.6. The minimum Gasteiger partial charge on any atom is -0.494 e. The topological polar surface area (TPSA) is 48.1 Å². The van der Waals surface area contributed by atoms with Crippen LogP contribution in [0.1, 0.15) is 0 Å². The first kappa shape index (κ1) is 12.6. The molecule has 0 radical (unpaired) electrons. The van der Waals surface area contributed by atoms with Gasteiger partial charge < -0.3 is 10.5 Å². The quantitative estimate of drug-likeness (QED) is 0.869. The van der Waals surface area contributed by atoms with E-state index in [1.165, 1.54) is 13.3 Å². The molecule has 0 saturated carbocycles. The Morgan fingerprint density at radius 1 is 1.28 bits per heavy atom. The average molecular weight is 268 g/mol. The highest BCUT2D eigenvalue weighted by Gasteiger charge is 2.15. The molecule has 6 heteroatoms. The highest BCUT2D eigenvalue weighted by molar-refractivity contribution is 7.99. The third-order valence-corrected chi connectivity index (χ3v) is 3.27. The van der Waals surface area contributed by atoms with Crippen LogP contribution in [0.2, 0.25) is 0 Å². The number of nitrogens with zero attached hydrogens (tertiary/aromatic N) is 1. The number of ether oxygens (including phenoxy) is 1. The number of hydrogen-bond acceptors (Lipinski definition) is 4. The van der Waals surface area contributed by atoms with Crippen LogP contribution in [0, 0.1) is 11.6 Å². The molecule has 0 spiro atoms. The Morgan fingerprint density at radius 2 is 1.94 bits per heavy atom. The van der Waals surface area contributed by atoms with E-state index in [1.54, 1.807) is 12.1 Å². The first-order valence-electron chi connectivity index (χ1n) is 5.03. The monoisotopic (exact) mass is 268 g/mol. The van der Waals surface area contributed by atoms with E-state index in [4.69, 9.17) is 10.5 Å². The van der Waals surface area contributed by atoms with E-state index < -0.39 is 11.6 Å². The van der Waals surface area contributed by atoms with Crippen molar-refractivity contribution in [2.24, 2.45) is 0 Å². The zero-order chi connectivity index (χ0) is 13.1. The van der Waals surface area contributed by atoms with Crippen LogP contribution in [-0.4, -0.2) is 12.1 Å². The molecule has 1 aromatic carbocycles. The molecule has 1 aromatic heterocycles. The maximum atomic E-state index is 13.6. The van der Waals surface area contributed by atoms with Crippen LogP contribution < -0.4 is 10.5 Å². The van der Waals surface area contributed by atoms with E-state index in [9.17, 15) is 8.78 Å². The van der Waals surface area contributed by atoms with E-state index in [1.807, 2.05) is 0 Å². The number of halogens is 2. The van der Waals surface area contributed by atoms with Crippen molar-refractivity contribution in [3.63, 3.8) is 0 Å². The van der Waals surface area contributed by atoms with E-state index in [2.05, 4.69) is 4.98 Å². The van der Waals surface area contributed by atoms with Crippen molar-refractivity contribution in [2.45, 2.75) is 9.92 Å². The van der Waals surface area contributed by atoms with Gasteiger partial charge in [-0.3, -0.25) is 0 Å². The lowest BCUT2D eigenvalue weighted by Gasteiger charge is -2.08. The minimum atomic E-state index is -0.717. The lowest BCUT2D eigenvalue weighted by atomic mass is 10.3. The third kappa shape index (κ3) is 2.53. The second-order valence-corrected chi connectivity index (χ2v) is 4.43. The van der Waals surface area contributed by atoms with Gasteiger partial charge in [-0.25, -0.2) is 13.8 Å². The van der Waals surface area contributed by atoms with Gasteiger partial charge in [-0.2, -0.15) is 0 Å². The van der Waals surface area contributed by atoms with Gasteiger partial charge in [0.2, 0.25) is 0 Å². The number of pyridine rings is 1. The summed E-state index contributed by atoms with van der Waals surface area (Å²) in [5, 5.41) is 0.391. The average Bonchev–Trinajstić information content (AvgIpc) is 2.34. The highest BCUT2D eigenvalue weighted by atomic mass is 32.2. The Hall–Kier alpha value is -1.82. The number of nitrogen functional groups attached to an aromatic ring is 1. The molecule has 18 heavy (non-hydrogen) atoms. The van der Waals surface area contributed by atoms with E-state index >= 15 is 0 Å². The molecule has 94 valence electrons. The molecular formula is C12H10F2N2OS. The summed E-state index contributed by atoms with van der Waals surface area (Å²) < 4.78 is 32.3. The number of aromatic nitrogens is 1. The van der Waals surface area contributed by atoms with Crippen LogP contribution in [0.25, 0.3) is 0 Å². The van der Waals surface area contributed by atoms with Crippen LogP contribution in [0.4, 0.5) is 14.5 Å². The zero-order valence-corrected chi connectivity index (χ0v) is 10.3. The fourth-order valence-electron chi connectivity index (χ4n) is 1.38. The second kappa shape index (κ2) is 5.22. The smallest absolute Gasteiger partial charge is 0.151 e. The summed E-state index contributed by atoms with van der Waals surface area (Å²) >= 11 is 0.859. The van der Waals surface area contributed by atoms with Crippen LogP contribution in [0.15, 0.2) is 40.4 Å². The molecule has 2 rings (SSSR count). The minimum absolute atomic E-state index is 0.0438. The van der Waals surface area contributed by atoms with Crippen molar-refractivity contribution in [1.29, 1.82) is 0 Å². The molecule has 0 fully saturated rings. The van der Waals surface area contributed by atoms with Crippen LogP contribution in [-0.2, 0) is 0 Å². The maximum Gasteiger partial charge on any atom is 0.151 e. The molecule has 0 bridgehead atoms. The van der Waals surface area contributed by atoms with E-state index in [0.29, 0.717) is 10.8 Å². The van der Waals surface area contributed by atoms with Gasteiger partial charge >= 0.3 is 0 Å². The summed E-state index contributed by atoms with van der Waals surface area (Å²) in [6.07, 6.45) is 1.53. The molecule has 0 aliphatic carbocycles. The van der Waals surface area contributed by atoms with Gasteiger partial charge in [0.1, 0.15) is 16.7 Å². The number of nitrogens with two attached hydrogens (primary N) is 1. The molecule has 0 atom stereocenters. The van der Waals surface area contributed by atoms with Crippen molar-refractivity contribution >= 4 is 17.4 Å². The van der Waals surface area contributed by atoms with Gasteiger partial charge in [0.25, 0.3) is 0 Å². The molecule has 0 amide bonds. The lowest BCUT2D eigenvalue weighted by molar-refractivity contribution is 0.400. The van der Waals surface area contributed by atoms with Crippen molar-refractivity contribution in [3.8, 4) is 5.75 Å². The molecule has 0 aliphatic rings. The van der Waals surface area contributed by atoms with Gasteiger partial charge in [0.05, 0.1) is 12.0 Å². The Kier molecular flexibility index (Phi) is 3.66. The molecular weight excluding hydrogens is 258 g/mol. The number of anilines is 1. The molecule has 2 aromatic rings. The van der Waals surface area contributed by atoms with E-state index in [0.717, 1.165) is 23.9 Å². The summed E-state index contributed by atoms with van der Waals surface area (Å²) in [6.45, 7) is 0. The fourth-order valence-corrected chi connectivity index (χ4v) is 2.25. The molecule has 1 heterocycles. The van der Waals surface area contributed by atoms with Crippen molar-refractivity contribution < 1.29 is 13.5 Å². The Morgan fingerprint density at radius 3 is 2.56 bits per heavy atom. The third-order valence-electron chi connectivity index (χ3n) is 2.18. The van der Waals surface area contributed by atoms with Gasteiger partial charge in [0.15, 0.2) is 5.75 Å². The largest absolute Gasteiger partial charge is 0.494 e. The number of hydrogen-bond donors (Lipinski definition) is 1. The normalized spacial score (nSPS) is 10.4. The summed E-state index contributed by atoms with van der Waals surface area (Å²) in [7, 11) is 1.47. The number of rotatable bonds is 3. The Bertz CT molecular complexity index is 555. The van der Waals surface area contributed by atoms with Crippen molar-refractivity contribution in [1.82, 2.24) is 4.98 Å². The summed E-state index contributed by atoms with van der Waals surface area (Å²) in [6, 6.07) is 5.49. The van der Waals surface area contributed by atoms with Crippen LogP contribution in [0.5, 0.6) is 5.75 Å². The molecule has 3 nitrogen and oxygen atoms in total. The number of methoxy groups -OCH3 is 1. The summed E-state index contributed by atoms with van der Waals surface area (Å²) in [5.41, 5.74) is 5.39. The van der Waals surface area contributed by atoms with E-state index in [-0.39, 0.29) is 10.6 Å². The lowest BCUT2D eigenvalue weighted by Crippen LogP contribution is -1.95. The first-order chi connectivity index (χ1) is 8.61. The molecule has 0 aliphatic heterocycles. The molecule has 0 saturated heterocycles. The highest BCUT2D eigenvalue weighted by Crippen LogP contribution is 2.36. The van der Waals surface area contributed by atoms with Crippen molar-refractivity contribution in [3.05, 3.63) is 42.1 Å². The standard InChI is InChI=1S/C12H10F2N2OS/c1-17-10-3-2-4-16-12(10)18-11-8(13)5-7(15)6-9(11)14/h2-6H,15H2,1H3. The first-order valence-corrected chi connectivity index (χ1v) is 5.85. The number of benzene rings is 1. The molecule has 2 N–H and O–H groups in total. The second-order valence-electron chi connectivity index (χ2n) is 3.43. The summed E-state index contributed by atoms with van der Waals surface area (Å²) in [4.78, 5) is 3.87. The zero-order valence-electron chi connectivity index (χ0n) is 9.48. The van der Waals surface area contributed by atoms with Gasteiger partial charge in [-0.15, -0.1) is 0 Å². The fraction of sp³-hybridized carbons (Fsp3) is 0.0833. The Labute approximate surface area is 107 Å².